The zero-order valence-corrected chi connectivity index (χ0v) is 15.1. The molecule has 0 aliphatic rings. The van der Waals surface area contributed by atoms with Crippen LogP contribution in [-0.4, -0.2) is 23.4 Å². The van der Waals surface area contributed by atoms with Crippen LogP contribution in [0.1, 0.15) is 28.9 Å². The van der Waals surface area contributed by atoms with Gasteiger partial charge < -0.3 is 10.1 Å². The van der Waals surface area contributed by atoms with E-state index in [1.807, 2.05) is 0 Å². The van der Waals surface area contributed by atoms with Gasteiger partial charge in [0.25, 0.3) is 11.6 Å². The van der Waals surface area contributed by atoms with Crippen molar-refractivity contribution in [3.63, 3.8) is 0 Å². The van der Waals surface area contributed by atoms with Gasteiger partial charge in [-0.2, -0.15) is 0 Å². The normalized spacial score (nSPS) is 11.5. The van der Waals surface area contributed by atoms with Crippen molar-refractivity contribution in [1.82, 2.24) is 5.32 Å². The second-order valence-electron chi connectivity index (χ2n) is 5.31. The second kappa shape index (κ2) is 8.64. The molecule has 0 unspecified atom stereocenters. The first kappa shape index (κ1) is 19.7. The van der Waals surface area contributed by atoms with Crippen LogP contribution in [0, 0.1) is 10.1 Å². The summed E-state index contributed by atoms with van der Waals surface area (Å²) in [5.74, 6) is -1.40. The van der Waals surface area contributed by atoms with Crippen LogP contribution in [0.3, 0.4) is 0 Å². The molecule has 2 rings (SSSR count). The lowest BCUT2D eigenvalue weighted by Gasteiger charge is -2.15. The molecule has 0 aliphatic carbocycles. The SMILES string of the molecule is C[C@H](NC(=O)COC(=O)c1ccc(Cl)c([N+](=O)[O-])c1)c1ccccc1Cl. The number of hydrogen-bond donors (Lipinski definition) is 1. The molecule has 9 heteroatoms. The Morgan fingerprint density at radius 1 is 1.19 bits per heavy atom. The highest BCUT2D eigenvalue weighted by atomic mass is 35.5. The van der Waals surface area contributed by atoms with Gasteiger partial charge >= 0.3 is 5.97 Å². The van der Waals surface area contributed by atoms with Gasteiger partial charge in [-0.15, -0.1) is 0 Å². The topological polar surface area (TPSA) is 98.5 Å². The summed E-state index contributed by atoms with van der Waals surface area (Å²) < 4.78 is 4.88. The molecule has 0 fully saturated rings. The van der Waals surface area contributed by atoms with E-state index in [0.29, 0.717) is 5.02 Å². The van der Waals surface area contributed by atoms with E-state index >= 15 is 0 Å². The van der Waals surface area contributed by atoms with Crippen molar-refractivity contribution in [2.24, 2.45) is 0 Å². The molecule has 7 nitrogen and oxygen atoms in total. The number of amides is 1. The van der Waals surface area contributed by atoms with Crippen molar-refractivity contribution in [1.29, 1.82) is 0 Å². The van der Waals surface area contributed by atoms with Gasteiger partial charge in [0.05, 0.1) is 16.5 Å². The second-order valence-corrected chi connectivity index (χ2v) is 6.12. The van der Waals surface area contributed by atoms with Crippen molar-refractivity contribution < 1.29 is 19.2 Å². The summed E-state index contributed by atoms with van der Waals surface area (Å²) in [4.78, 5) is 34.0. The zero-order valence-electron chi connectivity index (χ0n) is 13.6. The summed E-state index contributed by atoms with van der Waals surface area (Å²) in [6, 6.07) is 10.1. The average molecular weight is 397 g/mol. The van der Waals surface area contributed by atoms with Gasteiger partial charge in [0.1, 0.15) is 5.02 Å². The molecule has 0 saturated heterocycles. The van der Waals surface area contributed by atoms with Gasteiger partial charge in [-0.3, -0.25) is 14.9 Å². The van der Waals surface area contributed by atoms with Crippen LogP contribution in [0.2, 0.25) is 10.0 Å². The molecule has 0 spiro atoms. The Labute approximate surface area is 159 Å². The van der Waals surface area contributed by atoms with Crippen LogP contribution in [0.15, 0.2) is 42.5 Å². The van der Waals surface area contributed by atoms with E-state index < -0.39 is 29.1 Å². The fourth-order valence-corrected chi connectivity index (χ4v) is 2.67. The maximum atomic E-state index is 12.0. The number of hydrogen-bond acceptors (Lipinski definition) is 5. The molecule has 136 valence electrons. The van der Waals surface area contributed by atoms with Crippen LogP contribution in [0.5, 0.6) is 0 Å². The Morgan fingerprint density at radius 2 is 1.88 bits per heavy atom. The minimum atomic E-state index is -0.870. The number of ether oxygens (including phenoxy) is 1. The fourth-order valence-electron chi connectivity index (χ4n) is 2.18. The first-order valence-corrected chi connectivity index (χ1v) is 8.20. The van der Waals surface area contributed by atoms with Crippen molar-refractivity contribution in [2.75, 3.05) is 6.61 Å². The molecular formula is C17H14Cl2N2O5. The smallest absolute Gasteiger partial charge is 0.338 e. The molecular weight excluding hydrogens is 383 g/mol. The number of nitro benzene ring substituents is 1. The quantitative estimate of drug-likeness (QED) is 0.452. The number of esters is 1. The fraction of sp³-hybridized carbons (Fsp3) is 0.176. The van der Waals surface area contributed by atoms with E-state index in [1.54, 1.807) is 31.2 Å². The third-order valence-electron chi connectivity index (χ3n) is 3.46. The van der Waals surface area contributed by atoms with Gasteiger partial charge in [0.15, 0.2) is 6.61 Å². The molecule has 26 heavy (non-hydrogen) atoms. The highest BCUT2D eigenvalue weighted by Gasteiger charge is 2.18. The zero-order chi connectivity index (χ0) is 19.3. The Morgan fingerprint density at radius 3 is 2.54 bits per heavy atom. The minimum Gasteiger partial charge on any atom is -0.452 e. The van der Waals surface area contributed by atoms with E-state index in [9.17, 15) is 19.7 Å². The lowest BCUT2D eigenvalue weighted by molar-refractivity contribution is -0.384. The van der Waals surface area contributed by atoms with Crippen LogP contribution in [0.25, 0.3) is 0 Å². The number of carbonyl (C=O) groups is 2. The number of nitro groups is 1. The summed E-state index contributed by atoms with van der Waals surface area (Å²) in [7, 11) is 0. The molecule has 0 heterocycles. The van der Waals surface area contributed by atoms with E-state index in [0.717, 1.165) is 11.6 Å². The van der Waals surface area contributed by atoms with Crippen LogP contribution in [0.4, 0.5) is 5.69 Å². The standard InChI is InChI=1S/C17H14Cl2N2O5/c1-10(12-4-2-3-5-13(12)18)20-16(22)9-26-17(23)11-6-7-14(19)15(8-11)21(24)25/h2-8,10H,9H2,1H3,(H,20,22)/t10-/m0/s1. The maximum Gasteiger partial charge on any atom is 0.338 e. The van der Waals surface area contributed by atoms with Crippen molar-refractivity contribution >= 4 is 40.8 Å². The summed E-state index contributed by atoms with van der Waals surface area (Å²) >= 11 is 11.7. The van der Waals surface area contributed by atoms with Gasteiger partial charge in [-0.25, -0.2) is 4.79 Å². The third-order valence-corrected chi connectivity index (χ3v) is 4.13. The predicted molar refractivity (Wildman–Crippen MR) is 96.4 cm³/mol. The van der Waals surface area contributed by atoms with Gasteiger partial charge in [0.2, 0.25) is 0 Å². The number of nitrogens with zero attached hydrogens (tertiary/aromatic N) is 1. The highest BCUT2D eigenvalue weighted by molar-refractivity contribution is 6.32. The molecule has 0 saturated carbocycles. The molecule has 2 aromatic rings. The van der Waals surface area contributed by atoms with Gasteiger partial charge in [-0.1, -0.05) is 41.4 Å². The van der Waals surface area contributed by atoms with Crippen molar-refractivity contribution in [3.05, 3.63) is 73.8 Å². The molecule has 1 atom stereocenters. The Hall–Kier alpha value is -2.64. The summed E-state index contributed by atoms with van der Waals surface area (Å²) in [6.07, 6.45) is 0. The largest absolute Gasteiger partial charge is 0.452 e. The molecule has 0 radical (unpaired) electrons. The van der Waals surface area contributed by atoms with Gasteiger partial charge in [-0.05, 0) is 30.7 Å². The molecule has 1 amide bonds. The lowest BCUT2D eigenvalue weighted by atomic mass is 10.1. The van der Waals surface area contributed by atoms with Crippen molar-refractivity contribution in [3.8, 4) is 0 Å². The van der Waals surface area contributed by atoms with Crippen LogP contribution >= 0.6 is 23.2 Å². The molecule has 1 N–H and O–H groups in total. The highest BCUT2D eigenvalue weighted by Crippen LogP contribution is 2.25. The Balaban J connectivity index is 1.95. The number of benzene rings is 2. The number of carbonyl (C=O) groups excluding carboxylic acids is 2. The van der Waals surface area contributed by atoms with E-state index in [-0.39, 0.29) is 16.6 Å². The lowest BCUT2D eigenvalue weighted by Crippen LogP contribution is -2.31. The first-order valence-electron chi connectivity index (χ1n) is 7.44. The van der Waals surface area contributed by atoms with E-state index in [4.69, 9.17) is 27.9 Å². The molecule has 0 bridgehead atoms. The minimum absolute atomic E-state index is 0.0759. The number of nitrogens with one attached hydrogen (secondary N) is 1. The average Bonchev–Trinajstić information content (AvgIpc) is 2.60. The van der Waals surface area contributed by atoms with Crippen LogP contribution in [-0.2, 0) is 9.53 Å². The molecule has 0 aliphatic heterocycles. The Bertz CT molecular complexity index is 857. The van der Waals surface area contributed by atoms with Gasteiger partial charge in [0, 0.05) is 11.1 Å². The maximum absolute atomic E-state index is 12.0. The molecule has 0 aromatic heterocycles. The molecule has 2 aromatic carbocycles. The number of halogens is 2. The van der Waals surface area contributed by atoms with Crippen LogP contribution < -0.4 is 5.32 Å². The summed E-state index contributed by atoms with van der Waals surface area (Å²) in [5, 5.41) is 13.9. The number of rotatable bonds is 6. The third kappa shape index (κ3) is 4.93. The summed E-state index contributed by atoms with van der Waals surface area (Å²) in [5.41, 5.74) is 0.230. The van der Waals surface area contributed by atoms with E-state index in [2.05, 4.69) is 5.32 Å². The van der Waals surface area contributed by atoms with E-state index in [1.165, 1.54) is 12.1 Å². The summed E-state index contributed by atoms with van der Waals surface area (Å²) in [6.45, 7) is 1.20. The van der Waals surface area contributed by atoms with Crippen molar-refractivity contribution in [2.45, 2.75) is 13.0 Å². The Kier molecular flexibility index (Phi) is 6.54. The predicted octanol–water partition coefficient (Wildman–Crippen LogP) is 3.94. The first-order chi connectivity index (χ1) is 12.3. The monoisotopic (exact) mass is 396 g/mol.